The van der Waals surface area contributed by atoms with E-state index >= 15 is 0 Å². The third-order valence-electron chi connectivity index (χ3n) is 2.85. The Morgan fingerprint density at radius 3 is 2.50 bits per heavy atom. The van der Waals surface area contributed by atoms with Crippen molar-refractivity contribution in [3.05, 3.63) is 26.3 Å². The number of rotatable bonds is 6. The first-order valence-electron chi connectivity index (χ1n) is 6.19. The molecule has 2 rings (SSSR count). The second-order valence-electron chi connectivity index (χ2n) is 4.35. The predicted molar refractivity (Wildman–Crippen MR) is 76.0 cm³/mol. The number of alkyl halides is 1. The van der Waals surface area contributed by atoms with Crippen LogP contribution >= 0.6 is 11.6 Å². The number of nitro groups is 2. The third-order valence-corrected chi connectivity index (χ3v) is 3.21. The Morgan fingerprint density at radius 2 is 1.91 bits per heavy atom. The van der Waals surface area contributed by atoms with Gasteiger partial charge < -0.3 is 19.9 Å². The molecule has 1 unspecified atom stereocenters. The lowest BCUT2D eigenvalue weighted by molar-refractivity contribution is -0.422. The quantitative estimate of drug-likeness (QED) is 0.451. The normalized spacial score (nSPS) is 14.3. The van der Waals surface area contributed by atoms with E-state index < -0.39 is 27.3 Å². The fraction of sp³-hybridized carbons (Fsp3) is 0.455. The monoisotopic (exact) mass is 333 g/mol. The summed E-state index contributed by atoms with van der Waals surface area (Å²) in [5.41, 5.74) is -1.69. The van der Waals surface area contributed by atoms with Crippen LogP contribution in [-0.2, 0) is 0 Å². The van der Waals surface area contributed by atoms with E-state index in [0.717, 1.165) is 0 Å². The van der Waals surface area contributed by atoms with Crippen molar-refractivity contribution in [3.8, 4) is 11.5 Å². The molecule has 2 N–H and O–H groups in total. The molecule has 11 heteroatoms. The zero-order valence-electron chi connectivity index (χ0n) is 11.2. The molecule has 1 aliphatic heterocycles. The lowest BCUT2D eigenvalue weighted by atomic mass is 10.1. The number of ether oxygens (including phenoxy) is 2. The summed E-state index contributed by atoms with van der Waals surface area (Å²) in [6, 6.07) is 1.24. The van der Waals surface area contributed by atoms with E-state index in [1.54, 1.807) is 0 Å². The fourth-order valence-corrected chi connectivity index (χ4v) is 2.04. The van der Waals surface area contributed by atoms with Gasteiger partial charge in [0.25, 0.3) is 0 Å². The highest BCUT2D eigenvalue weighted by atomic mass is 35.5. The van der Waals surface area contributed by atoms with Crippen LogP contribution < -0.4 is 14.8 Å². The number of aliphatic hydroxyl groups is 1. The summed E-state index contributed by atoms with van der Waals surface area (Å²) < 4.78 is 10.4. The second kappa shape index (κ2) is 6.62. The zero-order valence-corrected chi connectivity index (χ0v) is 11.9. The van der Waals surface area contributed by atoms with Crippen LogP contribution in [0.2, 0.25) is 0 Å². The van der Waals surface area contributed by atoms with Crippen LogP contribution in [0.15, 0.2) is 6.07 Å². The van der Waals surface area contributed by atoms with Crippen molar-refractivity contribution in [1.82, 2.24) is 0 Å². The van der Waals surface area contributed by atoms with Crippen molar-refractivity contribution in [3.63, 3.8) is 0 Å². The number of halogens is 1. The first kappa shape index (κ1) is 16.0. The Labute approximate surface area is 128 Å². The molecule has 1 heterocycles. The van der Waals surface area contributed by atoms with Gasteiger partial charge in [-0.1, -0.05) is 0 Å². The van der Waals surface area contributed by atoms with E-state index in [0.29, 0.717) is 0 Å². The number of hydrogen-bond donors (Lipinski definition) is 2. The molecule has 0 fully saturated rings. The van der Waals surface area contributed by atoms with E-state index in [4.69, 9.17) is 21.1 Å². The lowest BCUT2D eigenvalue weighted by Crippen LogP contribution is -2.22. The molecule has 1 aromatic carbocycles. The van der Waals surface area contributed by atoms with Gasteiger partial charge in [0.2, 0.25) is 5.75 Å². The Hall–Kier alpha value is -2.33. The molecule has 22 heavy (non-hydrogen) atoms. The van der Waals surface area contributed by atoms with Gasteiger partial charge >= 0.3 is 11.4 Å². The standard InChI is InChI=1S/C11H12ClN3O7/c12-4-6(16)5-13-7-3-8-11(22-2-1-21-8)10(15(19)20)9(7)14(17)18/h3,6,13,16H,1-2,4-5H2. The van der Waals surface area contributed by atoms with E-state index in [-0.39, 0.29) is 42.8 Å². The van der Waals surface area contributed by atoms with E-state index in [1.807, 2.05) is 0 Å². The Balaban J connectivity index is 2.54. The van der Waals surface area contributed by atoms with Crippen LogP contribution in [-0.4, -0.2) is 46.7 Å². The molecule has 0 bridgehead atoms. The molecule has 0 spiro atoms. The van der Waals surface area contributed by atoms with Gasteiger partial charge in [-0.25, -0.2) is 0 Å². The molecule has 0 aromatic heterocycles. The van der Waals surface area contributed by atoms with Gasteiger partial charge in [0.15, 0.2) is 5.75 Å². The number of fused-ring (bicyclic) bond motifs is 1. The molecule has 120 valence electrons. The number of nitrogens with zero attached hydrogens (tertiary/aromatic N) is 2. The van der Waals surface area contributed by atoms with Crippen LogP contribution in [0.4, 0.5) is 17.1 Å². The van der Waals surface area contributed by atoms with Crippen molar-refractivity contribution in [2.75, 3.05) is 31.0 Å². The highest BCUT2D eigenvalue weighted by Crippen LogP contribution is 2.49. The first-order chi connectivity index (χ1) is 10.5. The molecule has 0 radical (unpaired) electrons. The molecule has 0 amide bonds. The van der Waals surface area contributed by atoms with Gasteiger partial charge in [0, 0.05) is 12.6 Å². The molecule has 0 aliphatic carbocycles. The van der Waals surface area contributed by atoms with Gasteiger partial charge in [-0.3, -0.25) is 20.2 Å². The van der Waals surface area contributed by atoms with Crippen molar-refractivity contribution >= 4 is 28.7 Å². The highest BCUT2D eigenvalue weighted by molar-refractivity contribution is 6.18. The van der Waals surface area contributed by atoms with E-state index in [1.165, 1.54) is 6.07 Å². The summed E-state index contributed by atoms with van der Waals surface area (Å²) in [4.78, 5) is 20.7. The Kier molecular flexibility index (Phi) is 4.83. The van der Waals surface area contributed by atoms with Gasteiger partial charge in [0.05, 0.1) is 21.8 Å². The van der Waals surface area contributed by atoms with Crippen LogP contribution in [0.5, 0.6) is 11.5 Å². The van der Waals surface area contributed by atoms with Crippen LogP contribution in [0.3, 0.4) is 0 Å². The minimum Gasteiger partial charge on any atom is -0.486 e. The maximum absolute atomic E-state index is 11.2. The van der Waals surface area contributed by atoms with Gasteiger partial charge in [-0.15, -0.1) is 11.6 Å². The van der Waals surface area contributed by atoms with Gasteiger partial charge in [-0.05, 0) is 0 Å². The summed E-state index contributed by atoms with van der Waals surface area (Å²) >= 11 is 5.44. The fourth-order valence-electron chi connectivity index (χ4n) is 1.93. The van der Waals surface area contributed by atoms with E-state index in [2.05, 4.69) is 5.32 Å². The minimum atomic E-state index is -0.964. The summed E-state index contributed by atoms with van der Waals surface area (Å²) in [5.74, 6) is -0.328. The SMILES string of the molecule is O=[N+]([O-])c1c(NCC(O)CCl)cc2c(c1[N+](=O)[O-])OCCO2. The van der Waals surface area contributed by atoms with Crippen molar-refractivity contribution in [1.29, 1.82) is 0 Å². The average molecular weight is 334 g/mol. The molecule has 0 saturated heterocycles. The number of aliphatic hydroxyl groups excluding tert-OH is 1. The highest BCUT2D eigenvalue weighted by Gasteiger charge is 2.38. The topological polar surface area (TPSA) is 137 Å². The molecular formula is C11H12ClN3O7. The maximum atomic E-state index is 11.2. The molecular weight excluding hydrogens is 322 g/mol. The molecule has 1 aliphatic rings. The number of nitro benzene ring substituents is 2. The van der Waals surface area contributed by atoms with Crippen LogP contribution in [0.1, 0.15) is 0 Å². The largest absolute Gasteiger partial charge is 0.486 e. The minimum absolute atomic E-state index is 0.0337. The Morgan fingerprint density at radius 1 is 1.27 bits per heavy atom. The molecule has 0 saturated carbocycles. The van der Waals surface area contributed by atoms with Crippen LogP contribution in [0, 0.1) is 20.2 Å². The first-order valence-corrected chi connectivity index (χ1v) is 6.72. The van der Waals surface area contributed by atoms with E-state index in [9.17, 15) is 25.3 Å². The summed E-state index contributed by atoms with van der Waals surface area (Å²) in [5, 5.41) is 34.4. The Bertz CT molecular complexity index is 610. The smallest absolute Gasteiger partial charge is 0.393 e. The number of anilines is 1. The molecule has 1 aromatic rings. The van der Waals surface area contributed by atoms with Crippen LogP contribution in [0.25, 0.3) is 0 Å². The maximum Gasteiger partial charge on any atom is 0.393 e. The zero-order chi connectivity index (χ0) is 16.3. The lowest BCUT2D eigenvalue weighted by Gasteiger charge is -2.19. The third kappa shape index (κ3) is 3.12. The average Bonchev–Trinajstić information content (AvgIpc) is 2.50. The molecule has 1 atom stereocenters. The van der Waals surface area contributed by atoms with Gasteiger partial charge in [0.1, 0.15) is 18.9 Å². The van der Waals surface area contributed by atoms with Crippen molar-refractivity contribution in [2.24, 2.45) is 0 Å². The van der Waals surface area contributed by atoms with Crippen molar-refractivity contribution in [2.45, 2.75) is 6.10 Å². The summed E-state index contributed by atoms with van der Waals surface area (Å²) in [6.07, 6.45) is -0.964. The number of hydrogen-bond acceptors (Lipinski definition) is 8. The summed E-state index contributed by atoms with van der Waals surface area (Å²) in [7, 11) is 0. The van der Waals surface area contributed by atoms with Gasteiger partial charge in [-0.2, -0.15) is 0 Å². The summed E-state index contributed by atoms with van der Waals surface area (Å²) in [6.45, 7) is 0.121. The number of nitrogens with one attached hydrogen (secondary N) is 1. The van der Waals surface area contributed by atoms with Crippen molar-refractivity contribution < 1.29 is 24.4 Å². The predicted octanol–water partition coefficient (Wildman–Crippen LogP) is 1.29. The molecule has 10 nitrogen and oxygen atoms in total. The number of benzene rings is 1. The second-order valence-corrected chi connectivity index (χ2v) is 4.66.